The van der Waals surface area contributed by atoms with Crippen molar-refractivity contribution in [3.8, 4) is 16.9 Å². The first-order chi connectivity index (χ1) is 13.6. The zero-order chi connectivity index (χ0) is 19.9. The van der Waals surface area contributed by atoms with Gasteiger partial charge in [-0.3, -0.25) is 9.59 Å². The van der Waals surface area contributed by atoms with E-state index in [9.17, 15) is 9.59 Å². The molecule has 3 rings (SSSR count). The molecule has 0 radical (unpaired) electrons. The van der Waals surface area contributed by atoms with E-state index in [1.165, 1.54) is 0 Å². The molecule has 1 aliphatic rings. The van der Waals surface area contributed by atoms with Gasteiger partial charge >= 0.3 is 0 Å². The van der Waals surface area contributed by atoms with Gasteiger partial charge in [0.15, 0.2) is 0 Å². The maximum atomic E-state index is 12.8. The van der Waals surface area contributed by atoms with E-state index in [-0.39, 0.29) is 11.8 Å². The smallest absolute Gasteiger partial charge is 0.253 e. The number of carbonyl (C=O) groups is 2. The molecule has 5 nitrogen and oxygen atoms in total. The Labute approximate surface area is 166 Å². The second kappa shape index (κ2) is 9.40. The minimum atomic E-state index is -0.0303. The molecule has 0 unspecified atom stereocenters. The molecule has 1 saturated heterocycles. The maximum absolute atomic E-state index is 12.8. The number of carbonyl (C=O) groups excluding carboxylic acids is 2. The summed E-state index contributed by atoms with van der Waals surface area (Å²) in [7, 11) is 1.79. The van der Waals surface area contributed by atoms with E-state index < -0.39 is 0 Å². The Kier molecular flexibility index (Phi) is 6.69. The number of amides is 2. The molecule has 0 aliphatic carbocycles. The van der Waals surface area contributed by atoms with Crippen molar-refractivity contribution < 1.29 is 14.3 Å². The van der Waals surface area contributed by atoms with Crippen LogP contribution in [-0.4, -0.2) is 54.9 Å². The molecular weight excluding hydrogens is 352 g/mol. The fraction of sp³-hybridized carbons (Fsp3) is 0.391. The van der Waals surface area contributed by atoms with Crippen LogP contribution in [0.5, 0.6) is 5.75 Å². The monoisotopic (exact) mass is 380 g/mol. The molecule has 0 bridgehead atoms. The fourth-order valence-corrected chi connectivity index (χ4v) is 3.43. The summed E-state index contributed by atoms with van der Waals surface area (Å²) in [5.41, 5.74) is 2.69. The van der Waals surface area contributed by atoms with E-state index in [0.29, 0.717) is 31.7 Å². The van der Waals surface area contributed by atoms with Gasteiger partial charge in [-0.2, -0.15) is 0 Å². The minimum Gasteiger partial charge on any atom is -0.494 e. The second-order valence-corrected chi connectivity index (χ2v) is 7.10. The van der Waals surface area contributed by atoms with Crippen molar-refractivity contribution in [1.29, 1.82) is 0 Å². The number of piperidine rings is 1. The molecule has 0 spiro atoms. The first-order valence-corrected chi connectivity index (χ1v) is 9.95. The van der Waals surface area contributed by atoms with Gasteiger partial charge in [0.2, 0.25) is 5.91 Å². The van der Waals surface area contributed by atoms with Gasteiger partial charge in [0, 0.05) is 38.7 Å². The lowest BCUT2D eigenvalue weighted by Gasteiger charge is -2.28. The van der Waals surface area contributed by atoms with Gasteiger partial charge in [-0.1, -0.05) is 24.3 Å². The number of benzene rings is 2. The predicted octanol–water partition coefficient (Wildman–Crippen LogP) is 3.84. The van der Waals surface area contributed by atoms with E-state index >= 15 is 0 Å². The Hall–Kier alpha value is -2.82. The van der Waals surface area contributed by atoms with E-state index in [4.69, 9.17) is 4.74 Å². The normalized spacial score (nSPS) is 14.1. The molecule has 0 saturated carbocycles. The molecule has 2 aromatic carbocycles. The van der Waals surface area contributed by atoms with Gasteiger partial charge in [-0.05, 0) is 55.2 Å². The molecule has 2 amide bonds. The highest BCUT2D eigenvalue weighted by molar-refractivity contribution is 5.95. The van der Waals surface area contributed by atoms with Gasteiger partial charge in [0.25, 0.3) is 5.91 Å². The largest absolute Gasteiger partial charge is 0.494 e. The molecule has 1 fully saturated rings. The third-order valence-electron chi connectivity index (χ3n) is 5.08. The number of nitrogens with zero attached hydrogens (tertiary/aromatic N) is 2. The van der Waals surface area contributed by atoms with Crippen molar-refractivity contribution in [2.24, 2.45) is 0 Å². The fourth-order valence-electron chi connectivity index (χ4n) is 3.43. The molecule has 0 N–H and O–H groups in total. The van der Waals surface area contributed by atoms with E-state index in [0.717, 1.165) is 36.3 Å². The molecule has 0 atom stereocenters. The molecule has 1 aliphatic heterocycles. The van der Waals surface area contributed by atoms with Crippen molar-refractivity contribution in [2.75, 3.05) is 33.3 Å². The summed E-state index contributed by atoms with van der Waals surface area (Å²) < 4.78 is 5.49. The predicted molar refractivity (Wildman–Crippen MR) is 110 cm³/mol. The maximum Gasteiger partial charge on any atom is 0.253 e. The Bertz CT molecular complexity index is 817. The summed E-state index contributed by atoms with van der Waals surface area (Å²) in [6, 6.07) is 15.5. The Morgan fingerprint density at radius 1 is 1.11 bits per heavy atom. The highest BCUT2D eigenvalue weighted by Gasteiger charge is 2.19. The van der Waals surface area contributed by atoms with Crippen molar-refractivity contribution >= 4 is 11.8 Å². The average molecular weight is 380 g/mol. The van der Waals surface area contributed by atoms with Gasteiger partial charge in [-0.25, -0.2) is 0 Å². The zero-order valence-electron chi connectivity index (χ0n) is 16.7. The van der Waals surface area contributed by atoms with Crippen molar-refractivity contribution in [2.45, 2.75) is 26.2 Å². The molecule has 28 heavy (non-hydrogen) atoms. The van der Waals surface area contributed by atoms with Crippen LogP contribution in [0.3, 0.4) is 0 Å². The summed E-state index contributed by atoms with van der Waals surface area (Å²) in [6.07, 6.45) is 2.65. The Morgan fingerprint density at radius 3 is 2.61 bits per heavy atom. The molecule has 5 heteroatoms. The lowest BCUT2D eigenvalue weighted by atomic mass is 10.0. The lowest BCUT2D eigenvalue weighted by molar-refractivity contribution is -0.133. The van der Waals surface area contributed by atoms with E-state index in [1.807, 2.05) is 60.4 Å². The van der Waals surface area contributed by atoms with Crippen molar-refractivity contribution in [3.63, 3.8) is 0 Å². The van der Waals surface area contributed by atoms with Crippen LogP contribution in [0.1, 0.15) is 36.5 Å². The number of hydrogen-bond donors (Lipinski definition) is 0. The van der Waals surface area contributed by atoms with Gasteiger partial charge in [-0.15, -0.1) is 0 Å². The summed E-state index contributed by atoms with van der Waals surface area (Å²) in [5.74, 6) is 1.01. The van der Waals surface area contributed by atoms with Gasteiger partial charge < -0.3 is 14.5 Å². The molecule has 1 heterocycles. The minimum absolute atomic E-state index is 0.0303. The van der Waals surface area contributed by atoms with Crippen LogP contribution in [0.4, 0.5) is 0 Å². The number of rotatable bonds is 7. The summed E-state index contributed by atoms with van der Waals surface area (Å²) in [6.45, 7) is 4.53. The average Bonchev–Trinajstić information content (AvgIpc) is 2.73. The first kappa shape index (κ1) is 19.9. The number of hydrogen-bond acceptors (Lipinski definition) is 3. The topological polar surface area (TPSA) is 49.9 Å². The van der Waals surface area contributed by atoms with Crippen LogP contribution in [-0.2, 0) is 4.79 Å². The van der Waals surface area contributed by atoms with Gasteiger partial charge in [0.1, 0.15) is 5.75 Å². The zero-order valence-corrected chi connectivity index (χ0v) is 16.7. The first-order valence-electron chi connectivity index (χ1n) is 9.95. The van der Waals surface area contributed by atoms with Crippen molar-refractivity contribution in [3.05, 3.63) is 54.1 Å². The quantitative estimate of drug-likeness (QED) is 0.733. The SMILES string of the molecule is CCOc1ccc(-c2cccc(C(=O)N(C)CCN3CCCCC3=O)c2)cc1. The molecular formula is C23H28N2O3. The van der Waals surface area contributed by atoms with E-state index in [2.05, 4.69) is 0 Å². The van der Waals surface area contributed by atoms with Crippen LogP contribution in [0.2, 0.25) is 0 Å². The Balaban J connectivity index is 1.65. The highest BCUT2D eigenvalue weighted by Crippen LogP contribution is 2.24. The summed E-state index contributed by atoms with van der Waals surface area (Å²) in [4.78, 5) is 28.3. The third kappa shape index (κ3) is 4.91. The standard InChI is InChI=1S/C23H28N2O3/c1-3-28-21-12-10-18(11-13-21)19-7-6-8-20(17-19)23(27)24(2)15-16-25-14-5-4-9-22(25)26/h6-8,10-13,17H,3-5,9,14-16H2,1-2H3. The third-order valence-corrected chi connectivity index (χ3v) is 5.08. The number of likely N-dealkylation sites (N-methyl/N-ethyl adjacent to an activating group) is 1. The molecule has 0 aromatic heterocycles. The van der Waals surface area contributed by atoms with Crippen LogP contribution >= 0.6 is 0 Å². The van der Waals surface area contributed by atoms with E-state index in [1.54, 1.807) is 11.9 Å². The lowest BCUT2D eigenvalue weighted by Crippen LogP contribution is -2.41. The highest BCUT2D eigenvalue weighted by atomic mass is 16.5. The molecule has 2 aromatic rings. The van der Waals surface area contributed by atoms with Crippen LogP contribution in [0, 0.1) is 0 Å². The molecule has 148 valence electrons. The van der Waals surface area contributed by atoms with Crippen LogP contribution < -0.4 is 4.74 Å². The summed E-state index contributed by atoms with van der Waals surface area (Å²) in [5, 5.41) is 0. The van der Waals surface area contributed by atoms with Crippen LogP contribution in [0.25, 0.3) is 11.1 Å². The summed E-state index contributed by atoms with van der Waals surface area (Å²) >= 11 is 0. The van der Waals surface area contributed by atoms with Crippen molar-refractivity contribution in [1.82, 2.24) is 9.80 Å². The van der Waals surface area contributed by atoms with Crippen LogP contribution in [0.15, 0.2) is 48.5 Å². The number of likely N-dealkylation sites (tertiary alicyclic amines) is 1. The Morgan fingerprint density at radius 2 is 1.89 bits per heavy atom. The van der Waals surface area contributed by atoms with Gasteiger partial charge in [0.05, 0.1) is 6.61 Å². The number of ether oxygens (including phenoxy) is 1. The second-order valence-electron chi connectivity index (χ2n) is 7.10.